The number of nitrogens with zero attached hydrogens (tertiary/aromatic N) is 1. The zero-order valence-electron chi connectivity index (χ0n) is 16.5. The van der Waals surface area contributed by atoms with Crippen LogP contribution in [0.15, 0.2) is 42.6 Å². The molecule has 3 heterocycles. The SMILES string of the molecule is CCS(=O)(=O)C1CC=C(c2c(-c3c(Cl)ccc(F)c3Cl)c(C=O)n3ccccc23)CN1. The Kier molecular flexibility index (Phi) is 5.96. The number of hydrogen-bond acceptors (Lipinski definition) is 4. The quantitative estimate of drug-likeness (QED) is 0.412. The molecule has 162 valence electrons. The van der Waals surface area contributed by atoms with Crippen molar-refractivity contribution in [1.82, 2.24) is 9.72 Å². The highest BCUT2D eigenvalue weighted by Crippen LogP contribution is 2.44. The van der Waals surface area contributed by atoms with E-state index in [1.807, 2.05) is 18.2 Å². The highest BCUT2D eigenvalue weighted by Gasteiger charge is 2.30. The molecule has 1 N–H and O–H groups in total. The normalized spacial score (nSPS) is 17.0. The predicted molar refractivity (Wildman–Crippen MR) is 122 cm³/mol. The van der Waals surface area contributed by atoms with E-state index in [0.29, 0.717) is 22.9 Å². The summed E-state index contributed by atoms with van der Waals surface area (Å²) in [6, 6.07) is 8.01. The molecule has 4 rings (SSSR count). The highest BCUT2D eigenvalue weighted by atomic mass is 35.5. The molecular weight excluding hydrogens is 462 g/mol. The zero-order chi connectivity index (χ0) is 22.3. The molecule has 3 aromatic rings. The summed E-state index contributed by atoms with van der Waals surface area (Å²) >= 11 is 12.7. The molecule has 0 spiro atoms. The fraction of sp³-hybridized carbons (Fsp3) is 0.227. The van der Waals surface area contributed by atoms with Gasteiger partial charge in [-0.3, -0.25) is 10.1 Å². The van der Waals surface area contributed by atoms with Crippen LogP contribution in [-0.4, -0.2) is 36.8 Å². The van der Waals surface area contributed by atoms with E-state index in [4.69, 9.17) is 23.2 Å². The van der Waals surface area contributed by atoms with Gasteiger partial charge in [-0.05, 0) is 36.3 Å². The summed E-state index contributed by atoms with van der Waals surface area (Å²) in [7, 11) is -3.26. The lowest BCUT2D eigenvalue weighted by Crippen LogP contribution is -2.40. The Morgan fingerprint density at radius 3 is 2.61 bits per heavy atom. The van der Waals surface area contributed by atoms with Crippen LogP contribution in [0.1, 0.15) is 29.4 Å². The fourth-order valence-electron chi connectivity index (χ4n) is 3.98. The van der Waals surface area contributed by atoms with Crippen molar-refractivity contribution in [1.29, 1.82) is 0 Å². The van der Waals surface area contributed by atoms with E-state index >= 15 is 0 Å². The van der Waals surface area contributed by atoms with Crippen molar-refractivity contribution in [2.75, 3.05) is 12.3 Å². The van der Waals surface area contributed by atoms with Crippen LogP contribution >= 0.6 is 23.2 Å². The molecule has 9 heteroatoms. The van der Waals surface area contributed by atoms with Crippen LogP contribution in [-0.2, 0) is 9.84 Å². The molecule has 0 radical (unpaired) electrons. The number of carbonyl (C=O) groups excluding carboxylic acids is 1. The van der Waals surface area contributed by atoms with Crippen molar-refractivity contribution in [3.8, 4) is 11.1 Å². The number of pyridine rings is 1. The average Bonchev–Trinajstić information content (AvgIpc) is 3.10. The molecule has 0 fully saturated rings. The largest absolute Gasteiger partial charge is 0.313 e. The number of halogens is 3. The molecule has 1 aliphatic rings. The Morgan fingerprint density at radius 1 is 1.19 bits per heavy atom. The predicted octanol–water partition coefficient (Wildman–Crippen LogP) is 5.00. The first-order valence-corrected chi connectivity index (χ1v) is 12.1. The maximum absolute atomic E-state index is 14.4. The molecule has 1 aliphatic heterocycles. The first-order valence-electron chi connectivity index (χ1n) is 9.66. The van der Waals surface area contributed by atoms with E-state index in [0.717, 1.165) is 5.57 Å². The number of aldehydes is 1. The molecule has 1 aromatic carbocycles. The second kappa shape index (κ2) is 8.39. The lowest BCUT2D eigenvalue weighted by molar-refractivity contribution is 0.111. The van der Waals surface area contributed by atoms with Crippen LogP contribution in [0.2, 0.25) is 10.0 Å². The van der Waals surface area contributed by atoms with E-state index < -0.39 is 21.0 Å². The highest BCUT2D eigenvalue weighted by molar-refractivity contribution is 7.91. The summed E-state index contributed by atoms with van der Waals surface area (Å²) in [5, 5.41) is 2.43. The van der Waals surface area contributed by atoms with Crippen molar-refractivity contribution >= 4 is 50.4 Å². The van der Waals surface area contributed by atoms with Crippen molar-refractivity contribution in [2.24, 2.45) is 0 Å². The fourth-order valence-corrected chi connectivity index (χ4v) is 5.67. The monoisotopic (exact) mass is 480 g/mol. The van der Waals surface area contributed by atoms with E-state index in [9.17, 15) is 17.6 Å². The van der Waals surface area contributed by atoms with Crippen LogP contribution in [0.5, 0.6) is 0 Å². The van der Waals surface area contributed by atoms with Crippen LogP contribution in [0, 0.1) is 5.82 Å². The minimum atomic E-state index is -3.26. The molecule has 1 atom stereocenters. The summed E-state index contributed by atoms with van der Waals surface area (Å²) in [6.07, 6.45) is 4.53. The number of aromatic nitrogens is 1. The van der Waals surface area contributed by atoms with Gasteiger partial charge in [0.25, 0.3) is 0 Å². The second-order valence-electron chi connectivity index (χ2n) is 7.21. The van der Waals surface area contributed by atoms with E-state index in [-0.39, 0.29) is 40.0 Å². The second-order valence-corrected chi connectivity index (χ2v) is 10.5. The molecule has 2 aromatic heterocycles. The van der Waals surface area contributed by atoms with Gasteiger partial charge in [0.15, 0.2) is 16.1 Å². The van der Waals surface area contributed by atoms with Crippen LogP contribution < -0.4 is 5.32 Å². The standard InChI is InChI=1S/C22H19Cl2FN2O3S/c1-2-31(29,30)18-9-6-13(11-26-18)19-16-5-3-4-10-27(16)17(12-28)21(19)20-14(23)7-8-15(25)22(20)24/h3-8,10,12,18,26H,2,9,11H2,1H3. The third-order valence-corrected chi connectivity index (χ3v) is 8.26. The Bertz CT molecular complexity index is 1330. The molecular formula is C22H19Cl2FN2O3S. The third kappa shape index (κ3) is 3.69. The van der Waals surface area contributed by atoms with Gasteiger partial charge in [0, 0.05) is 35.2 Å². The number of nitrogens with one attached hydrogen (secondary N) is 1. The number of hydrogen-bond donors (Lipinski definition) is 1. The average molecular weight is 481 g/mol. The molecule has 31 heavy (non-hydrogen) atoms. The van der Waals surface area contributed by atoms with Gasteiger partial charge in [0.05, 0.1) is 21.3 Å². The van der Waals surface area contributed by atoms with Gasteiger partial charge in [-0.15, -0.1) is 0 Å². The Hall–Kier alpha value is -2.19. The lowest BCUT2D eigenvalue weighted by atomic mass is 9.93. The molecule has 0 saturated carbocycles. The first kappa shape index (κ1) is 22.0. The number of benzene rings is 1. The zero-order valence-corrected chi connectivity index (χ0v) is 18.9. The van der Waals surface area contributed by atoms with Gasteiger partial charge in [0.1, 0.15) is 11.2 Å². The Labute approximate surface area is 189 Å². The maximum Gasteiger partial charge on any atom is 0.167 e. The summed E-state index contributed by atoms with van der Waals surface area (Å²) in [5.41, 5.74) is 3.08. The lowest BCUT2D eigenvalue weighted by Gasteiger charge is -2.24. The summed E-state index contributed by atoms with van der Waals surface area (Å²) in [5.74, 6) is -0.609. The first-order chi connectivity index (χ1) is 14.8. The summed E-state index contributed by atoms with van der Waals surface area (Å²) in [6.45, 7) is 1.87. The van der Waals surface area contributed by atoms with Crippen molar-refractivity contribution in [3.63, 3.8) is 0 Å². The summed E-state index contributed by atoms with van der Waals surface area (Å²) < 4.78 is 40.6. The van der Waals surface area contributed by atoms with Gasteiger partial charge in [-0.2, -0.15) is 0 Å². The minimum absolute atomic E-state index is 0.0397. The molecule has 0 amide bonds. The number of carbonyl (C=O) groups is 1. The molecule has 5 nitrogen and oxygen atoms in total. The topological polar surface area (TPSA) is 67.7 Å². The molecule has 0 saturated heterocycles. The number of sulfone groups is 1. The van der Waals surface area contributed by atoms with Crippen LogP contribution in [0.25, 0.3) is 22.2 Å². The van der Waals surface area contributed by atoms with E-state index in [1.54, 1.807) is 23.6 Å². The summed E-state index contributed by atoms with van der Waals surface area (Å²) in [4.78, 5) is 12.1. The Morgan fingerprint density at radius 2 is 1.97 bits per heavy atom. The van der Waals surface area contributed by atoms with Gasteiger partial charge < -0.3 is 4.40 Å². The van der Waals surface area contributed by atoms with Gasteiger partial charge in [-0.1, -0.05) is 42.3 Å². The van der Waals surface area contributed by atoms with Crippen LogP contribution in [0.3, 0.4) is 0 Å². The minimum Gasteiger partial charge on any atom is -0.313 e. The van der Waals surface area contributed by atoms with Crippen LogP contribution in [0.4, 0.5) is 4.39 Å². The van der Waals surface area contributed by atoms with E-state index in [2.05, 4.69) is 5.32 Å². The van der Waals surface area contributed by atoms with Gasteiger partial charge in [0.2, 0.25) is 0 Å². The number of rotatable bonds is 5. The van der Waals surface area contributed by atoms with Crippen molar-refractivity contribution in [2.45, 2.75) is 18.7 Å². The van der Waals surface area contributed by atoms with Crippen molar-refractivity contribution < 1.29 is 17.6 Å². The molecule has 0 bridgehead atoms. The maximum atomic E-state index is 14.4. The van der Waals surface area contributed by atoms with Crippen molar-refractivity contribution in [3.05, 3.63) is 69.7 Å². The smallest absolute Gasteiger partial charge is 0.167 e. The Balaban J connectivity index is 2.00. The van der Waals surface area contributed by atoms with Gasteiger partial charge in [-0.25, -0.2) is 12.8 Å². The van der Waals surface area contributed by atoms with Gasteiger partial charge >= 0.3 is 0 Å². The number of fused-ring (bicyclic) bond motifs is 1. The van der Waals surface area contributed by atoms with E-state index in [1.165, 1.54) is 12.1 Å². The third-order valence-electron chi connectivity index (χ3n) is 5.54. The molecule has 1 unspecified atom stereocenters. The molecule has 0 aliphatic carbocycles.